The number of carbonyl (C=O) groups excluding carboxylic acids is 1. The first-order chi connectivity index (χ1) is 7.58. The van der Waals surface area contributed by atoms with Crippen molar-refractivity contribution in [3.05, 3.63) is 29.8 Å². The number of esters is 1. The molecule has 0 saturated carbocycles. The number of ether oxygens (including phenoxy) is 2. The molecule has 0 spiro atoms. The van der Waals surface area contributed by atoms with E-state index >= 15 is 0 Å². The first kappa shape index (κ1) is 12.5. The molecule has 0 aliphatic heterocycles. The standard InChI is InChI=1S/C12H17NO3/c1-12(13-2,11(14)16-4)9-5-7-10(15-3)8-6-9/h5-8,13H,1-4H3/t12-/m1/s1. The lowest BCUT2D eigenvalue weighted by Crippen LogP contribution is -2.45. The molecule has 1 aromatic rings. The van der Waals surface area contributed by atoms with E-state index in [9.17, 15) is 4.79 Å². The largest absolute Gasteiger partial charge is 0.497 e. The van der Waals surface area contributed by atoms with Crippen LogP contribution in [0, 0.1) is 0 Å². The van der Waals surface area contributed by atoms with Crippen LogP contribution < -0.4 is 10.1 Å². The van der Waals surface area contributed by atoms with Gasteiger partial charge in [0.2, 0.25) is 0 Å². The second-order valence-corrected chi connectivity index (χ2v) is 3.60. The molecular formula is C12H17NO3. The molecule has 0 saturated heterocycles. The fraction of sp³-hybridized carbons (Fsp3) is 0.417. The third kappa shape index (κ3) is 2.17. The highest BCUT2D eigenvalue weighted by Crippen LogP contribution is 2.24. The molecule has 1 rings (SSSR count). The highest BCUT2D eigenvalue weighted by Gasteiger charge is 2.34. The van der Waals surface area contributed by atoms with E-state index in [0.29, 0.717) is 0 Å². The lowest BCUT2D eigenvalue weighted by atomic mass is 9.92. The minimum Gasteiger partial charge on any atom is -0.497 e. The van der Waals surface area contributed by atoms with Gasteiger partial charge in [-0.3, -0.25) is 0 Å². The molecule has 0 amide bonds. The third-order valence-corrected chi connectivity index (χ3v) is 2.76. The van der Waals surface area contributed by atoms with Crippen molar-refractivity contribution in [2.24, 2.45) is 0 Å². The number of rotatable bonds is 4. The van der Waals surface area contributed by atoms with Crippen molar-refractivity contribution in [3.63, 3.8) is 0 Å². The van der Waals surface area contributed by atoms with E-state index in [0.717, 1.165) is 11.3 Å². The Morgan fingerprint density at radius 1 is 1.25 bits per heavy atom. The molecule has 1 aromatic carbocycles. The third-order valence-electron chi connectivity index (χ3n) is 2.76. The van der Waals surface area contributed by atoms with E-state index in [1.807, 2.05) is 24.3 Å². The molecule has 88 valence electrons. The van der Waals surface area contributed by atoms with Crippen LogP contribution in [0.5, 0.6) is 5.75 Å². The average Bonchev–Trinajstić information content (AvgIpc) is 2.36. The molecule has 0 aromatic heterocycles. The number of nitrogens with one attached hydrogen (secondary N) is 1. The maximum atomic E-state index is 11.7. The molecule has 1 N–H and O–H groups in total. The number of likely N-dealkylation sites (N-methyl/N-ethyl adjacent to an activating group) is 1. The van der Waals surface area contributed by atoms with Crippen LogP contribution in [0.4, 0.5) is 0 Å². The average molecular weight is 223 g/mol. The fourth-order valence-electron chi connectivity index (χ4n) is 1.49. The van der Waals surface area contributed by atoms with Gasteiger partial charge in [-0.2, -0.15) is 0 Å². The van der Waals surface area contributed by atoms with Crippen molar-refractivity contribution in [3.8, 4) is 5.75 Å². The van der Waals surface area contributed by atoms with Gasteiger partial charge in [-0.05, 0) is 31.7 Å². The zero-order valence-electron chi connectivity index (χ0n) is 10.0. The van der Waals surface area contributed by atoms with Gasteiger partial charge in [0.05, 0.1) is 14.2 Å². The van der Waals surface area contributed by atoms with Crippen LogP contribution in [0.15, 0.2) is 24.3 Å². The monoisotopic (exact) mass is 223 g/mol. The van der Waals surface area contributed by atoms with Crippen LogP contribution in [-0.4, -0.2) is 27.2 Å². The van der Waals surface area contributed by atoms with Gasteiger partial charge in [0.25, 0.3) is 0 Å². The molecule has 0 aliphatic carbocycles. The van der Waals surface area contributed by atoms with Crippen molar-refractivity contribution in [1.29, 1.82) is 0 Å². The van der Waals surface area contributed by atoms with Gasteiger partial charge in [0.1, 0.15) is 11.3 Å². The van der Waals surface area contributed by atoms with E-state index in [1.165, 1.54) is 7.11 Å². The van der Waals surface area contributed by atoms with Gasteiger partial charge in [-0.25, -0.2) is 4.79 Å². The SMILES string of the molecule is CN[C@@](C)(C(=O)OC)c1ccc(OC)cc1. The Bertz CT molecular complexity index is 361. The Morgan fingerprint density at radius 3 is 2.19 bits per heavy atom. The van der Waals surface area contributed by atoms with E-state index in [1.54, 1.807) is 21.1 Å². The van der Waals surface area contributed by atoms with E-state index in [-0.39, 0.29) is 5.97 Å². The van der Waals surface area contributed by atoms with Crippen molar-refractivity contribution in [2.75, 3.05) is 21.3 Å². The second-order valence-electron chi connectivity index (χ2n) is 3.60. The maximum Gasteiger partial charge on any atom is 0.330 e. The minimum absolute atomic E-state index is 0.319. The molecule has 4 heteroatoms. The summed E-state index contributed by atoms with van der Waals surface area (Å²) in [7, 11) is 4.70. The Hall–Kier alpha value is -1.55. The van der Waals surface area contributed by atoms with E-state index < -0.39 is 5.54 Å². The summed E-state index contributed by atoms with van der Waals surface area (Å²) < 4.78 is 9.85. The number of methoxy groups -OCH3 is 2. The summed E-state index contributed by atoms with van der Waals surface area (Å²) in [6, 6.07) is 7.31. The molecule has 1 atom stereocenters. The normalized spacial score (nSPS) is 14.0. The van der Waals surface area contributed by atoms with Gasteiger partial charge in [0.15, 0.2) is 0 Å². The Kier molecular flexibility index (Phi) is 3.90. The van der Waals surface area contributed by atoms with Gasteiger partial charge >= 0.3 is 5.97 Å². The summed E-state index contributed by atoms with van der Waals surface area (Å²) in [5.41, 5.74) is 0.00347. The summed E-state index contributed by atoms with van der Waals surface area (Å²) in [6.45, 7) is 1.78. The molecule has 0 bridgehead atoms. The minimum atomic E-state index is -0.832. The highest BCUT2D eigenvalue weighted by molar-refractivity contribution is 5.82. The molecule has 0 radical (unpaired) electrons. The predicted molar refractivity (Wildman–Crippen MR) is 61.4 cm³/mol. The van der Waals surface area contributed by atoms with Gasteiger partial charge in [-0.1, -0.05) is 12.1 Å². The molecule has 0 unspecified atom stereocenters. The number of carbonyl (C=O) groups is 1. The maximum absolute atomic E-state index is 11.7. The van der Waals surface area contributed by atoms with Crippen molar-refractivity contribution < 1.29 is 14.3 Å². The molecule has 0 aliphatic rings. The first-order valence-corrected chi connectivity index (χ1v) is 5.00. The van der Waals surface area contributed by atoms with E-state index in [4.69, 9.17) is 9.47 Å². The van der Waals surface area contributed by atoms with Gasteiger partial charge < -0.3 is 14.8 Å². The second kappa shape index (κ2) is 4.99. The smallest absolute Gasteiger partial charge is 0.330 e. The van der Waals surface area contributed by atoms with Crippen LogP contribution in [0.2, 0.25) is 0 Å². The fourth-order valence-corrected chi connectivity index (χ4v) is 1.49. The van der Waals surface area contributed by atoms with Crippen LogP contribution in [-0.2, 0) is 15.1 Å². The van der Waals surface area contributed by atoms with Crippen LogP contribution in [0.3, 0.4) is 0 Å². The first-order valence-electron chi connectivity index (χ1n) is 5.00. The van der Waals surface area contributed by atoms with Gasteiger partial charge in [-0.15, -0.1) is 0 Å². The highest BCUT2D eigenvalue weighted by atomic mass is 16.5. The lowest BCUT2D eigenvalue weighted by Gasteiger charge is -2.26. The molecule has 0 heterocycles. The van der Waals surface area contributed by atoms with Crippen LogP contribution >= 0.6 is 0 Å². The Balaban J connectivity index is 3.07. The Labute approximate surface area is 95.6 Å². The Morgan fingerprint density at radius 2 is 1.81 bits per heavy atom. The van der Waals surface area contributed by atoms with Crippen molar-refractivity contribution >= 4 is 5.97 Å². The molecule has 4 nitrogen and oxygen atoms in total. The quantitative estimate of drug-likeness (QED) is 0.782. The molecule has 16 heavy (non-hydrogen) atoms. The van der Waals surface area contributed by atoms with Crippen molar-refractivity contribution in [1.82, 2.24) is 5.32 Å². The van der Waals surface area contributed by atoms with Gasteiger partial charge in [0, 0.05) is 0 Å². The molecular weight excluding hydrogens is 206 g/mol. The van der Waals surface area contributed by atoms with Crippen molar-refractivity contribution in [2.45, 2.75) is 12.5 Å². The number of hydrogen-bond acceptors (Lipinski definition) is 4. The number of benzene rings is 1. The van der Waals surface area contributed by atoms with Crippen LogP contribution in [0.25, 0.3) is 0 Å². The summed E-state index contributed by atoms with van der Waals surface area (Å²) in [5, 5.41) is 2.97. The molecule has 0 fully saturated rings. The zero-order valence-corrected chi connectivity index (χ0v) is 10.0. The predicted octanol–water partition coefficient (Wildman–Crippen LogP) is 1.30. The summed E-state index contributed by atoms with van der Waals surface area (Å²) >= 11 is 0. The summed E-state index contributed by atoms with van der Waals surface area (Å²) in [5.74, 6) is 0.437. The summed E-state index contributed by atoms with van der Waals surface area (Å²) in [4.78, 5) is 11.7. The lowest BCUT2D eigenvalue weighted by molar-refractivity contribution is -0.148. The zero-order chi connectivity index (χ0) is 12.2. The summed E-state index contributed by atoms with van der Waals surface area (Å²) in [6.07, 6.45) is 0. The topological polar surface area (TPSA) is 47.6 Å². The van der Waals surface area contributed by atoms with Crippen LogP contribution in [0.1, 0.15) is 12.5 Å². The number of hydrogen-bond donors (Lipinski definition) is 1. The van der Waals surface area contributed by atoms with E-state index in [2.05, 4.69) is 5.32 Å².